The topological polar surface area (TPSA) is 68.0 Å². The van der Waals surface area contributed by atoms with E-state index in [4.69, 9.17) is 5.11 Å². The van der Waals surface area contributed by atoms with E-state index in [1.54, 1.807) is 18.5 Å². The van der Waals surface area contributed by atoms with Crippen molar-refractivity contribution in [1.82, 2.24) is 14.8 Å². The van der Waals surface area contributed by atoms with Gasteiger partial charge in [-0.2, -0.15) is 5.10 Å². The zero-order chi connectivity index (χ0) is 12.3. The van der Waals surface area contributed by atoms with Crippen molar-refractivity contribution < 1.29 is 9.90 Å². The molecule has 1 N–H and O–H groups in total. The number of aryl methyl sites for hydroxylation is 1. The maximum Gasteiger partial charge on any atom is 0.337 e. The number of rotatable bonds is 4. The summed E-state index contributed by atoms with van der Waals surface area (Å²) >= 11 is 0. The van der Waals surface area contributed by atoms with Gasteiger partial charge in [0.1, 0.15) is 0 Å². The van der Waals surface area contributed by atoms with Gasteiger partial charge in [-0.25, -0.2) is 4.79 Å². The molecular weight excluding hydrogens is 218 g/mol. The molecule has 2 aromatic heterocycles. The van der Waals surface area contributed by atoms with E-state index in [0.29, 0.717) is 0 Å². The molecule has 2 aromatic rings. The van der Waals surface area contributed by atoms with Gasteiger partial charge in [-0.05, 0) is 18.6 Å². The van der Waals surface area contributed by atoms with E-state index in [9.17, 15) is 4.79 Å². The smallest absolute Gasteiger partial charge is 0.337 e. The van der Waals surface area contributed by atoms with E-state index in [1.807, 2.05) is 10.7 Å². The second-order valence-electron chi connectivity index (χ2n) is 3.71. The Balaban J connectivity index is 2.42. The fourth-order valence-electron chi connectivity index (χ4n) is 1.66. The highest BCUT2D eigenvalue weighted by Gasteiger charge is 2.09. The predicted octanol–water partition coefficient (Wildman–Crippen LogP) is 2.05. The lowest BCUT2D eigenvalue weighted by Gasteiger charge is -2.06. The summed E-state index contributed by atoms with van der Waals surface area (Å²) < 4.78 is 1.85. The first-order valence-corrected chi connectivity index (χ1v) is 5.43. The van der Waals surface area contributed by atoms with Gasteiger partial charge in [0, 0.05) is 30.7 Å². The number of hydrogen-bond donors (Lipinski definition) is 1. The number of aromatic nitrogens is 3. The molecule has 0 aliphatic carbocycles. The van der Waals surface area contributed by atoms with Crippen LogP contribution in [0.3, 0.4) is 0 Å². The molecule has 17 heavy (non-hydrogen) atoms. The van der Waals surface area contributed by atoms with Crippen molar-refractivity contribution in [3.63, 3.8) is 0 Å². The highest BCUT2D eigenvalue weighted by atomic mass is 16.4. The number of carboxylic acid groups (broad SMARTS) is 1. The van der Waals surface area contributed by atoms with Gasteiger partial charge < -0.3 is 5.11 Å². The first-order chi connectivity index (χ1) is 8.22. The van der Waals surface area contributed by atoms with Crippen LogP contribution in [0, 0.1) is 0 Å². The van der Waals surface area contributed by atoms with Crippen LogP contribution in [-0.2, 0) is 6.54 Å². The van der Waals surface area contributed by atoms with E-state index in [1.165, 1.54) is 6.20 Å². The molecule has 0 fully saturated rings. The Hall–Kier alpha value is -2.17. The van der Waals surface area contributed by atoms with Crippen molar-refractivity contribution in [3.05, 3.63) is 36.3 Å². The molecule has 0 aliphatic heterocycles. The van der Waals surface area contributed by atoms with Gasteiger partial charge in [-0.1, -0.05) is 6.92 Å². The van der Waals surface area contributed by atoms with Gasteiger partial charge in [-0.3, -0.25) is 9.67 Å². The molecule has 5 heteroatoms. The second kappa shape index (κ2) is 4.78. The average molecular weight is 231 g/mol. The molecule has 0 radical (unpaired) electrons. The van der Waals surface area contributed by atoms with Gasteiger partial charge in [0.25, 0.3) is 0 Å². The second-order valence-corrected chi connectivity index (χ2v) is 3.71. The van der Waals surface area contributed by atoms with Crippen LogP contribution in [0.1, 0.15) is 23.7 Å². The molecule has 0 unspecified atom stereocenters. The number of carboxylic acids is 1. The van der Waals surface area contributed by atoms with E-state index < -0.39 is 5.97 Å². The molecule has 2 heterocycles. The monoisotopic (exact) mass is 231 g/mol. The molecule has 0 aliphatic rings. The third-order valence-corrected chi connectivity index (χ3v) is 2.43. The van der Waals surface area contributed by atoms with Crippen molar-refractivity contribution in [2.24, 2.45) is 0 Å². The first-order valence-electron chi connectivity index (χ1n) is 5.43. The summed E-state index contributed by atoms with van der Waals surface area (Å²) in [6.45, 7) is 2.87. The Kier molecular flexibility index (Phi) is 3.18. The highest BCUT2D eigenvalue weighted by molar-refractivity contribution is 5.88. The zero-order valence-corrected chi connectivity index (χ0v) is 9.50. The van der Waals surface area contributed by atoms with Gasteiger partial charge in [0.15, 0.2) is 0 Å². The van der Waals surface area contributed by atoms with Crippen LogP contribution in [0.15, 0.2) is 30.7 Å². The Bertz CT molecular complexity index is 534. The molecule has 2 rings (SSSR count). The largest absolute Gasteiger partial charge is 0.478 e. The molecule has 0 spiro atoms. The van der Waals surface area contributed by atoms with Crippen LogP contribution in [0.2, 0.25) is 0 Å². The lowest BCUT2D eigenvalue weighted by molar-refractivity contribution is 0.0696. The Morgan fingerprint density at radius 3 is 3.00 bits per heavy atom. The molecule has 0 amide bonds. The van der Waals surface area contributed by atoms with Crippen LogP contribution in [-0.4, -0.2) is 25.8 Å². The molecule has 0 aromatic carbocycles. The minimum Gasteiger partial charge on any atom is -0.478 e. The summed E-state index contributed by atoms with van der Waals surface area (Å²) in [4.78, 5) is 14.8. The fraction of sp³-hybridized carbons (Fsp3) is 0.250. The van der Waals surface area contributed by atoms with E-state index in [2.05, 4.69) is 17.0 Å². The molecule has 0 atom stereocenters. The van der Waals surface area contributed by atoms with Crippen LogP contribution in [0.4, 0.5) is 0 Å². The van der Waals surface area contributed by atoms with Gasteiger partial charge in [-0.15, -0.1) is 0 Å². The summed E-state index contributed by atoms with van der Waals surface area (Å²) in [6, 6.07) is 3.47. The lowest BCUT2D eigenvalue weighted by Crippen LogP contribution is -2.02. The third kappa shape index (κ3) is 2.33. The molecule has 88 valence electrons. The van der Waals surface area contributed by atoms with Crippen molar-refractivity contribution in [3.8, 4) is 11.3 Å². The van der Waals surface area contributed by atoms with Gasteiger partial charge in [0.05, 0.1) is 11.3 Å². The quantitative estimate of drug-likeness (QED) is 0.874. The predicted molar refractivity (Wildman–Crippen MR) is 62.7 cm³/mol. The van der Waals surface area contributed by atoms with Crippen molar-refractivity contribution in [1.29, 1.82) is 0 Å². The number of aromatic carboxylic acids is 1. The molecule has 5 nitrogen and oxygen atoms in total. The number of hydrogen-bond acceptors (Lipinski definition) is 3. The molecule has 0 saturated carbocycles. The van der Waals surface area contributed by atoms with Crippen LogP contribution in [0.25, 0.3) is 11.3 Å². The molecule has 0 bridgehead atoms. The minimum absolute atomic E-state index is 0.187. The SMILES string of the molecule is CCCn1nccc1-c1cncc(C(=O)O)c1. The number of nitrogens with zero attached hydrogens (tertiary/aromatic N) is 3. The molecule has 0 saturated heterocycles. The maximum atomic E-state index is 10.9. The van der Waals surface area contributed by atoms with Gasteiger partial charge in [0.2, 0.25) is 0 Å². The number of pyridine rings is 1. The first kappa shape index (κ1) is 11.3. The zero-order valence-electron chi connectivity index (χ0n) is 9.50. The fourth-order valence-corrected chi connectivity index (χ4v) is 1.66. The van der Waals surface area contributed by atoms with E-state index >= 15 is 0 Å². The Morgan fingerprint density at radius 2 is 2.29 bits per heavy atom. The van der Waals surface area contributed by atoms with Crippen LogP contribution < -0.4 is 0 Å². The third-order valence-electron chi connectivity index (χ3n) is 2.43. The normalized spacial score (nSPS) is 10.4. The maximum absolute atomic E-state index is 10.9. The summed E-state index contributed by atoms with van der Waals surface area (Å²) in [5, 5.41) is 13.1. The Morgan fingerprint density at radius 1 is 1.47 bits per heavy atom. The Labute approximate surface area is 98.7 Å². The average Bonchev–Trinajstić information content (AvgIpc) is 2.78. The lowest BCUT2D eigenvalue weighted by atomic mass is 10.1. The van der Waals surface area contributed by atoms with Crippen molar-refractivity contribution >= 4 is 5.97 Å². The molecular formula is C12H13N3O2. The van der Waals surface area contributed by atoms with Crippen molar-refractivity contribution in [2.75, 3.05) is 0 Å². The highest BCUT2D eigenvalue weighted by Crippen LogP contribution is 2.19. The van der Waals surface area contributed by atoms with Gasteiger partial charge >= 0.3 is 5.97 Å². The summed E-state index contributed by atoms with van der Waals surface area (Å²) in [5.74, 6) is -0.971. The summed E-state index contributed by atoms with van der Waals surface area (Å²) in [5.41, 5.74) is 1.85. The van der Waals surface area contributed by atoms with Crippen LogP contribution >= 0.6 is 0 Å². The summed E-state index contributed by atoms with van der Waals surface area (Å²) in [6.07, 6.45) is 5.67. The van der Waals surface area contributed by atoms with Crippen molar-refractivity contribution in [2.45, 2.75) is 19.9 Å². The minimum atomic E-state index is -0.971. The number of carbonyl (C=O) groups is 1. The summed E-state index contributed by atoms with van der Waals surface area (Å²) in [7, 11) is 0. The van der Waals surface area contributed by atoms with Crippen LogP contribution in [0.5, 0.6) is 0 Å². The standard InChI is InChI=1S/C12H13N3O2/c1-2-5-15-11(3-4-14-15)9-6-10(12(16)17)8-13-7-9/h3-4,6-8H,2,5H2,1H3,(H,16,17). The van der Waals surface area contributed by atoms with E-state index in [-0.39, 0.29) is 5.56 Å². The van der Waals surface area contributed by atoms with E-state index in [0.717, 1.165) is 24.2 Å².